The van der Waals surface area contributed by atoms with Crippen LogP contribution in [-0.4, -0.2) is 62.2 Å². The van der Waals surface area contributed by atoms with Gasteiger partial charge in [0, 0.05) is 42.4 Å². The van der Waals surface area contributed by atoms with Gasteiger partial charge in [-0.3, -0.25) is 4.90 Å². The maximum atomic E-state index is 5.52. The molecule has 3 aromatic heterocycles. The van der Waals surface area contributed by atoms with Crippen LogP contribution in [0.2, 0.25) is 0 Å². The molecule has 0 atom stereocenters. The van der Waals surface area contributed by atoms with Crippen LogP contribution >= 0.6 is 11.9 Å². The van der Waals surface area contributed by atoms with Gasteiger partial charge in [-0.2, -0.15) is 10.1 Å². The molecule has 1 aromatic carbocycles. The fourth-order valence-corrected chi connectivity index (χ4v) is 3.79. The van der Waals surface area contributed by atoms with Crippen LogP contribution in [0.1, 0.15) is 5.89 Å². The highest BCUT2D eigenvalue weighted by Gasteiger charge is 2.17. The van der Waals surface area contributed by atoms with E-state index < -0.39 is 0 Å². The zero-order valence-corrected chi connectivity index (χ0v) is 17.3. The fourth-order valence-electron chi connectivity index (χ4n) is 3.44. The average Bonchev–Trinajstić information content (AvgIpc) is 3.42. The summed E-state index contributed by atoms with van der Waals surface area (Å²) in [5, 5.41) is 8.52. The van der Waals surface area contributed by atoms with Crippen LogP contribution in [0.4, 0.5) is 5.69 Å². The summed E-state index contributed by atoms with van der Waals surface area (Å²) in [7, 11) is 0. The van der Waals surface area contributed by atoms with Crippen LogP contribution in [0.15, 0.2) is 47.2 Å². The number of imidazole rings is 1. The summed E-state index contributed by atoms with van der Waals surface area (Å²) in [6, 6.07) is 9.89. The zero-order valence-electron chi connectivity index (χ0n) is 16.5. The largest absolute Gasteiger partial charge is 0.379 e. The third-order valence-electron chi connectivity index (χ3n) is 4.87. The smallest absolute Gasteiger partial charge is 0.241 e. The molecule has 9 nitrogen and oxygen atoms in total. The molecule has 1 fully saturated rings. The number of ether oxygens (including phenoxy) is 1. The maximum absolute atomic E-state index is 5.52. The van der Waals surface area contributed by atoms with E-state index in [4.69, 9.17) is 9.26 Å². The number of hydrogen-bond donors (Lipinski definition) is 1. The summed E-state index contributed by atoms with van der Waals surface area (Å²) >= 11 is 1.53. The van der Waals surface area contributed by atoms with E-state index in [1.807, 2.05) is 36.7 Å². The van der Waals surface area contributed by atoms with Gasteiger partial charge in [-0.15, -0.1) is 0 Å². The second-order valence-electron chi connectivity index (χ2n) is 6.96. The minimum atomic E-state index is 0.561. The normalized spacial score (nSPS) is 15.0. The van der Waals surface area contributed by atoms with Crippen LogP contribution in [0, 0.1) is 0 Å². The SMILES string of the molecule is CSNc1cc(-c2cn3ncccc3n2)cc(-c2noc(CN3CCOCC3)n2)c1. The van der Waals surface area contributed by atoms with Crippen molar-refractivity contribution < 1.29 is 9.26 Å². The molecule has 1 aliphatic heterocycles. The molecule has 5 rings (SSSR count). The highest BCUT2D eigenvalue weighted by Crippen LogP contribution is 2.30. The van der Waals surface area contributed by atoms with Gasteiger partial charge in [0.1, 0.15) is 0 Å². The highest BCUT2D eigenvalue weighted by molar-refractivity contribution is 7.99. The van der Waals surface area contributed by atoms with Gasteiger partial charge >= 0.3 is 0 Å². The van der Waals surface area contributed by atoms with Gasteiger partial charge < -0.3 is 14.0 Å². The molecule has 0 amide bonds. The van der Waals surface area contributed by atoms with Crippen molar-refractivity contribution in [3.63, 3.8) is 0 Å². The second-order valence-corrected chi connectivity index (χ2v) is 7.57. The molecule has 30 heavy (non-hydrogen) atoms. The molecule has 0 saturated carbocycles. The van der Waals surface area contributed by atoms with E-state index in [2.05, 4.69) is 35.9 Å². The molecule has 10 heteroatoms. The summed E-state index contributed by atoms with van der Waals surface area (Å²) in [4.78, 5) is 11.6. The lowest BCUT2D eigenvalue weighted by Crippen LogP contribution is -2.35. The number of rotatable bonds is 6. The van der Waals surface area contributed by atoms with Crippen LogP contribution in [-0.2, 0) is 11.3 Å². The third kappa shape index (κ3) is 4.02. The van der Waals surface area contributed by atoms with Crippen molar-refractivity contribution in [3.8, 4) is 22.6 Å². The third-order valence-corrected chi connectivity index (χ3v) is 5.31. The van der Waals surface area contributed by atoms with Crippen molar-refractivity contribution in [2.45, 2.75) is 6.54 Å². The Labute approximate surface area is 177 Å². The second kappa shape index (κ2) is 8.42. The molecule has 1 N–H and O–H groups in total. The first-order valence-electron chi connectivity index (χ1n) is 9.66. The predicted molar refractivity (Wildman–Crippen MR) is 115 cm³/mol. The molecule has 0 bridgehead atoms. The zero-order chi connectivity index (χ0) is 20.3. The van der Waals surface area contributed by atoms with Crippen molar-refractivity contribution in [1.29, 1.82) is 0 Å². The summed E-state index contributed by atoms with van der Waals surface area (Å²) in [6.45, 7) is 3.85. The molecule has 1 aliphatic rings. The minimum absolute atomic E-state index is 0.561. The first kappa shape index (κ1) is 19.0. The Morgan fingerprint density at radius 3 is 2.83 bits per heavy atom. The Kier molecular flexibility index (Phi) is 5.35. The molecular formula is C20H21N7O2S. The van der Waals surface area contributed by atoms with E-state index >= 15 is 0 Å². The predicted octanol–water partition coefficient (Wildman–Crippen LogP) is 2.97. The number of anilines is 1. The minimum Gasteiger partial charge on any atom is -0.379 e. The van der Waals surface area contributed by atoms with Crippen LogP contribution in [0.25, 0.3) is 28.3 Å². The Morgan fingerprint density at radius 2 is 2.00 bits per heavy atom. The van der Waals surface area contributed by atoms with Gasteiger partial charge in [0.2, 0.25) is 11.7 Å². The quantitative estimate of drug-likeness (QED) is 0.470. The summed E-state index contributed by atoms with van der Waals surface area (Å²) < 4.78 is 16.0. The Hall–Kier alpha value is -2.95. The number of benzene rings is 1. The lowest BCUT2D eigenvalue weighted by atomic mass is 10.1. The molecule has 4 heterocycles. The molecular weight excluding hydrogens is 402 g/mol. The van der Waals surface area contributed by atoms with E-state index in [1.54, 1.807) is 10.7 Å². The van der Waals surface area contributed by atoms with E-state index in [0.29, 0.717) is 18.3 Å². The number of morpholine rings is 1. The van der Waals surface area contributed by atoms with Crippen molar-refractivity contribution in [2.75, 3.05) is 37.3 Å². The monoisotopic (exact) mass is 423 g/mol. The molecule has 0 radical (unpaired) electrons. The van der Waals surface area contributed by atoms with E-state index in [9.17, 15) is 0 Å². The lowest BCUT2D eigenvalue weighted by molar-refractivity contribution is 0.0297. The standard InChI is InChI=1S/C20H21N7O2S/c1-30-25-16-10-14(17-12-27-18(22-17)3-2-4-21-27)9-15(11-16)20-23-19(29-24-20)13-26-5-7-28-8-6-26/h2-4,9-12,25H,5-8,13H2,1H3. The molecule has 0 unspecified atom stereocenters. The first-order valence-corrected chi connectivity index (χ1v) is 10.9. The molecule has 4 aromatic rings. The number of fused-ring (bicyclic) bond motifs is 1. The number of nitrogens with zero attached hydrogens (tertiary/aromatic N) is 6. The van der Waals surface area contributed by atoms with Crippen molar-refractivity contribution in [2.24, 2.45) is 0 Å². The van der Waals surface area contributed by atoms with Gasteiger partial charge in [0.05, 0.1) is 31.6 Å². The van der Waals surface area contributed by atoms with Crippen LogP contribution < -0.4 is 4.72 Å². The van der Waals surface area contributed by atoms with E-state index in [-0.39, 0.29) is 0 Å². The average molecular weight is 424 g/mol. The Balaban J connectivity index is 1.47. The number of aromatic nitrogens is 5. The number of hydrogen-bond acceptors (Lipinski definition) is 9. The summed E-state index contributed by atoms with van der Waals surface area (Å²) in [6.07, 6.45) is 5.64. The van der Waals surface area contributed by atoms with Crippen molar-refractivity contribution >= 4 is 23.3 Å². The molecule has 154 valence electrons. The van der Waals surface area contributed by atoms with Gasteiger partial charge in [0.15, 0.2) is 5.65 Å². The molecule has 0 spiro atoms. The lowest BCUT2D eigenvalue weighted by Gasteiger charge is -2.24. The Morgan fingerprint density at radius 1 is 1.13 bits per heavy atom. The summed E-state index contributed by atoms with van der Waals surface area (Å²) in [5.74, 6) is 1.17. The van der Waals surface area contributed by atoms with Crippen LogP contribution in [0.3, 0.4) is 0 Å². The van der Waals surface area contributed by atoms with Gasteiger partial charge in [0.25, 0.3) is 0 Å². The van der Waals surface area contributed by atoms with Gasteiger partial charge in [-0.05, 0) is 30.3 Å². The van der Waals surface area contributed by atoms with Gasteiger partial charge in [-0.25, -0.2) is 9.50 Å². The van der Waals surface area contributed by atoms with Crippen LogP contribution in [0.5, 0.6) is 0 Å². The van der Waals surface area contributed by atoms with Gasteiger partial charge in [-0.1, -0.05) is 17.1 Å². The highest BCUT2D eigenvalue weighted by atomic mass is 32.2. The first-order chi connectivity index (χ1) is 14.8. The summed E-state index contributed by atoms with van der Waals surface area (Å²) in [5.41, 5.74) is 4.39. The topological polar surface area (TPSA) is 93.6 Å². The Bertz CT molecular complexity index is 1120. The van der Waals surface area contributed by atoms with E-state index in [0.717, 1.165) is 54.5 Å². The molecule has 0 aliphatic carbocycles. The molecule has 1 saturated heterocycles. The van der Waals surface area contributed by atoms with Crippen molar-refractivity contribution in [3.05, 3.63) is 48.6 Å². The van der Waals surface area contributed by atoms with E-state index in [1.165, 1.54) is 11.9 Å². The number of nitrogens with one attached hydrogen (secondary N) is 1. The maximum Gasteiger partial charge on any atom is 0.241 e. The van der Waals surface area contributed by atoms with Crippen molar-refractivity contribution in [1.82, 2.24) is 29.6 Å². The fraction of sp³-hybridized carbons (Fsp3) is 0.300.